The molecule has 1 aliphatic heterocycles. The third-order valence-electron chi connectivity index (χ3n) is 8.56. The number of Topliss-reactive ketones (excluding diaryl/α,β-unsaturated/α-hetero) is 1. The van der Waals surface area contributed by atoms with Crippen LogP contribution in [-0.2, 0) is 17.8 Å². The molecule has 1 aromatic heterocycles. The van der Waals surface area contributed by atoms with Crippen LogP contribution >= 0.6 is 0 Å². The average molecular weight is 564 g/mol. The van der Waals surface area contributed by atoms with Gasteiger partial charge in [0.05, 0.1) is 0 Å². The fourth-order valence-corrected chi connectivity index (χ4v) is 6.12. The molecule has 2 aliphatic rings. The minimum atomic E-state index is -0.641. The number of piperazine rings is 1. The summed E-state index contributed by atoms with van der Waals surface area (Å²) in [6.45, 7) is 16.1. The number of nitrogens with one attached hydrogen (secondary N) is 3. The van der Waals surface area contributed by atoms with Crippen molar-refractivity contribution in [3.63, 3.8) is 0 Å². The molecule has 2 amide bonds. The molecule has 1 fully saturated rings. The third-order valence-corrected chi connectivity index (χ3v) is 8.56. The summed E-state index contributed by atoms with van der Waals surface area (Å²) in [7, 11) is 0. The summed E-state index contributed by atoms with van der Waals surface area (Å²) in [5.41, 5.74) is 4.64. The van der Waals surface area contributed by atoms with Crippen LogP contribution in [0.1, 0.15) is 104 Å². The van der Waals surface area contributed by atoms with Gasteiger partial charge in [-0.05, 0) is 61.4 Å². The Hall–Kier alpha value is -3.13. The van der Waals surface area contributed by atoms with Gasteiger partial charge in [0.1, 0.15) is 11.7 Å². The summed E-state index contributed by atoms with van der Waals surface area (Å²) in [5.74, 6) is -0.451. The number of benzene rings is 1. The number of anilines is 1. The van der Waals surface area contributed by atoms with Crippen molar-refractivity contribution in [1.29, 1.82) is 0 Å². The first-order valence-corrected chi connectivity index (χ1v) is 15.5. The van der Waals surface area contributed by atoms with Gasteiger partial charge in [0.15, 0.2) is 5.78 Å². The van der Waals surface area contributed by atoms with Crippen molar-refractivity contribution >= 4 is 23.3 Å². The summed E-state index contributed by atoms with van der Waals surface area (Å²) in [6.07, 6.45) is 5.99. The van der Waals surface area contributed by atoms with E-state index in [2.05, 4.69) is 77.4 Å². The number of rotatable bonds is 12. The van der Waals surface area contributed by atoms with Gasteiger partial charge in [-0.1, -0.05) is 59.1 Å². The van der Waals surface area contributed by atoms with Crippen molar-refractivity contribution in [2.45, 2.75) is 92.2 Å². The highest BCUT2D eigenvalue weighted by molar-refractivity contribution is 6.05. The van der Waals surface area contributed by atoms with E-state index in [1.165, 1.54) is 25.1 Å². The minimum Gasteiger partial charge on any atom is -0.369 e. The second kappa shape index (κ2) is 13.7. The Labute approximate surface area is 245 Å². The SMILES string of the molecule is CCCCC(NC(=O)c1[nH]c2c(c1C)C(=O)CC(C)(C)C2)C(=O)NCc1ccc(N2CCN(CCCC)CC2)cc1. The van der Waals surface area contributed by atoms with Crippen molar-refractivity contribution in [2.75, 3.05) is 37.6 Å². The lowest BCUT2D eigenvalue weighted by Gasteiger charge is -2.36. The molecule has 2 aromatic rings. The number of ketones is 1. The molecule has 1 saturated heterocycles. The number of H-pyrrole nitrogens is 1. The predicted molar refractivity (Wildman–Crippen MR) is 165 cm³/mol. The molecule has 8 heteroatoms. The molecule has 8 nitrogen and oxygen atoms in total. The molecule has 1 aromatic carbocycles. The largest absolute Gasteiger partial charge is 0.369 e. The normalized spacial score (nSPS) is 17.7. The zero-order valence-electron chi connectivity index (χ0n) is 25.7. The molecule has 0 bridgehead atoms. The van der Waals surface area contributed by atoms with E-state index in [1.807, 2.05) is 6.92 Å². The van der Waals surface area contributed by atoms with Crippen LogP contribution in [0.2, 0.25) is 0 Å². The zero-order chi connectivity index (χ0) is 29.6. The Morgan fingerprint density at radius 3 is 2.34 bits per heavy atom. The van der Waals surface area contributed by atoms with Crippen molar-refractivity contribution in [3.05, 3.63) is 52.3 Å². The smallest absolute Gasteiger partial charge is 0.268 e. The number of aromatic nitrogens is 1. The maximum Gasteiger partial charge on any atom is 0.268 e. The van der Waals surface area contributed by atoms with E-state index < -0.39 is 6.04 Å². The summed E-state index contributed by atoms with van der Waals surface area (Å²) < 4.78 is 0. The van der Waals surface area contributed by atoms with Gasteiger partial charge in [0, 0.05) is 56.1 Å². The summed E-state index contributed by atoms with van der Waals surface area (Å²) in [5, 5.41) is 5.99. The molecule has 1 atom stereocenters. The van der Waals surface area contributed by atoms with Crippen LogP contribution in [0.15, 0.2) is 24.3 Å². The molecule has 224 valence electrons. The number of carbonyl (C=O) groups excluding carboxylic acids is 3. The highest BCUT2D eigenvalue weighted by Gasteiger charge is 2.35. The van der Waals surface area contributed by atoms with Gasteiger partial charge in [0.2, 0.25) is 5.91 Å². The first-order chi connectivity index (χ1) is 19.6. The molecule has 3 N–H and O–H groups in total. The van der Waals surface area contributed by atoms with Gasteiger partial charge in [0.25, 0.3) is 5.91 Å². The van der Waals surface area contributed by atoms with Crippen molar-refractivity contribution < 1.29 is 14.4 Å². The van der Waals surface area contributed by atoms with Gasteiger partial charge in [-0.3, -0.25) is 19.3 Å². The molecular formula is C33H49N5O3. The van der Waals surface area contributed by atoms with Crippen LogP contribution in [0.4, 0.5) is 5.69 Å². The van der Waals surface area contributed by atoms with Crippen LogP contribution in [0.5, 0.6) is 0 Å². The van der Waals surface area contributed by atoms with Crippen LogP contribution in [0.3, 0.4) is 0 Å². The quantitative estimate of drug-likeness (QED) is 0.338. The Morgan fingerprint density at radius 2 is 1.68 bits per heavy atom. The van der Waals surface area contributed by atoms with Gasteiger partial charge in [-0.15, -0.1) is 0 Å². The number of nitrogens with zero attached hydrogens (tertiary/aromatic N) is 2. The lowest BCUT2D eigenvalue weighted by atomic mass is 9.75. The molecule has 41 heavy (non-hydrogen) atoms. The number of hydrogen-bond donors (Lipinski definition) is 3. The van der Waals surface area contributed by atoms with E-state index in [9.17, 15) is 14.4 Å². The first kappa shape index (κ1) is 30.8. The second-order valence-corrected chi connectivity index (χ2v) is 12.7. The standard InChI is InChI=1S/C33H49N5O3/c1-6-8-10-26(36-32(41)30-23(3)29-27(35-30)20-33(4,5)21-28(29)39)31(40)34-22-24-11-13-25(14-12-24)38-18-16-37(17-19-38)15-9-7-2/h11-14,26,35H,6-10,15-22H2,1-5H3,(H,34,40)(H,36,41). The Kier molecular flexibility index (Phi) is 10.3. The molecule has 1 aliphatic carbocycles. The fourth-order valence-electron chi connectivity index (χ4n) is 6.12. The zero-order valence-corrected chi connectivity index (χ0v) is 25.7. The van der Waals surface area contributed by atoms with E-state index >= 15 is 0 Å². The Balaban J connectivity index is 1.34. The number of amides is 2. The number of fused-ring (bicyclic) bond motifs is 1. The van der Waals surface area contributed by atoms with Crippen molar-refractivity contribution in [3.8, 4) is 0 Å². The van der Waals surface area contributed by atoms with Gasteiger partial charge < -0.3 is 20.5 Å². The third kappa shape index (κ3) is 7.79. The number of aromatic amines is 1. The summed E-state index contributed by atoms with van der Waals surface area (Å²) in [6, 6.07) is 7.78. The van der Waals surface area contributed by atoms with E-state index in [1.54, 1.807) is 0 Å². The van der Waals surface area contributed by atoms with Gasteiger partial charge >= 0.3 is 0 Å². The highest BCUT2D eigenvalue weighted by Crippen LogP contribution is 2.36. The average Bonchev–Trinajstić information content (AvgIpc) is 3.28. The van der Waals surface area contributed by atoms with Crippen molar-refractivity contribution in [2.24, 2.45) is 5.41 Å². The van der Waals surface area contributed by atoms with Crippen LogP contribution in [-0.4, -0.2) is 66.2 Å². The Bertz CT molecular complexity index is 1210. The number of unbranched alkanes of at least 4 members (excludes halogenated alkanes) is 2. The second-order valence-electron chi connectivity index (χ2n) is 12.7. The lowest BCUT2D eigenvalue weighted by molar-refractivity contribution is -0.123. The van der Waals surface area contributed by atoms with Crippen LogP contribution < -0.4 is 15.5 Å². The van der Waals surface area contributed by atoms with Gasteiger partial charge in [-0.2, -0.15) is 0 Å². The number of carbonyl (C=O) groups is 3. The van der Waals surface area contributed by atoms with E-state index in [0.29, 0.717) is 36.2 Å². The summed E-state index contributed by atoms with van der Waals surface area (Å²) in [4.78, 5) is 47.5. The molecule has 1 unspecified atom stereocenters. The topological polar surface area (TPSA) is 97.5 Å². The number of hydrogen-bond acceptors (Lipinski definition) is 5. The molecule has 0 spiro atoms. The van der Waals surface area contributed by atoms with Gasteiger partial charge in [-0.25, -0.2) is 0 Å². The summed E-state index contributed by atoms with van der Waals surface area (Å²) >= 11 is 0. The van der Waals surface area contributed by atoms with E-state index in [0.717, 1.165) is 56.7 Å². The monoisotopic (exact) mass is 563 g/mol. The van der Waals surface area contributed by atoms with Crippen LogP contribution in [0.25, 0.3) is 0 Å². The highest BCUT2D eigenvalue weighted by atomic mass is 16.2. The minimum absolute atomic E-state index is 0.0737. The molecule has 2 heterocycles. The van der Waals surface area contributed by atoms with E-state index in [-0.39, 0.29) is 23.0 Å². The lowest BCUT2D eigenvalue weighted by Crippen LogP contribution is -2.47. The maximum absolute atomic E-state index is 13.3. The molecule has 0 radical (unpaired) electrons. The maximum atomic E-state index is 13.3. The fraction of sp³-hybridized carbons (Fsp3) is 0.606. The van der Waals surface area contributed by atoms with Crippen LogP contribution in [0, 0.1) is 12.3 Å². The molecular weight excluding hydrogens is 514 g/mol. The van der Waals surface area contributed by atoms with Crippen molar-refractivity contribution in [1.82, 2.24) is 20.5 Å². The molecule has 0 saturated carbocycles. The Morgan fingerprint density at radius 1 is 1.00 bits per heavy atom. The van der Waals surface area contributed by atoms with E-state index in [4.69, 9.17) is 0 Å². The molecule has 4 rings (SSSR count). The first-order valence-electron chi connectivity index (χ1n) is 15.5. The predicted octanol–water partition coefficient (Wildman–Crippen LogP) is 5.01.